The molecule has 0 aliphatic heterocycles. The van der Waals surface area contributed by atoms with Gasteiger partial charge < -0.3 is 8.98 Å². The van der Waals surface area contributed by atoms with E-state index >= 15 is 0 Å². The van der Waals surface area contributed by atoms with E-state index in [-0.39, 0.29) is 0 Å². The van der Waals surface area contributed by atoms with Gasteiger partial charge in [-0.1, -0.05) is 42.0 Å². The summed E-state index contributed by atoms with van der Waals surface area (Å²) in [6.07, 6.45) is 1.74. The molecule has 0 saturated heterocycles. The van der Waals surface area contributed by atoms with Crippen molar-refractivity contribution in [3.63, 3.8) is 0 Å². The lowest BCUT2D eigenvalue weighted by atomic mass is 10.1. The lowest BCUT2D eigenvalue weighted by Gasteiger charge is -2.00. The fourth-order valence-electron chi connectivity index (χ4n) is 2.98. The normalized spacial score (nSPS) is 11.7. The Bertz CT molecular complexity index is 1150. The molecule has 0 radical (unpaired) electrons. The summed E-state index contributed by atoms with van der Waals surface area (Å²) in [7, 11) is 1.91. The molecule has 4 aromatic rings. The number of imidazole rings is 1. The zero-order valence-corrected chi connectivity index (χ0v) is 14.6. The molecular weight excluding hydrogens is 322 g/mol. The van der Waals surface area contributed by atoms with Gasteiger partial charge in [0.2, 0.25) is 0 Å². The number of nitriles is 1. The van der Waals surface area contributed by atoms with Crippen LogP contribution in [0.1, 0.15) is 17.1 Å². The van der Waals surface area contributed by atoms with Crippen molar-refractivity contribution >= 4 is 22.7 Å². The highest BCUT2D eigenvalue weighted by molar-refractivity contribution is 5.90. The maximum absolute atomic E-state index is 9.63. The van der Waals surface area contributed by atoms with E-state index < -0.39 is 0 Å². The van der Waals surface area contributed by atoms with E-state index in [9.17, 15) is 5.26 Å². The third kappa shape index (κ3) is 2.80. The first-order chi connectivity index (χ1) is 12.7. The molecule has 0 atom stereocenters. The summed E-state index contributed by atoms with van der Waals surface area (Å²) in [4.78, 5) is 4.58. The standard InChI is InChI=1S/C22H17N3O/c1-15-7-9-16(10-8-15)21-12-11-18(26-21)13-17(14-23)22-24-19-5-3-4-6-20(19)25(22)2/h3-13H,1-2H3. The number of aryl methyl sites for hydroxylation is 2. The number of aromatic nitrogens is 2. The van der Waals surface area contributed by atoms with Crippen LogP contribution in [0.3, 0.4) is 0 Å². The second-order valence-corrected chi connectivity index (χ2v) is 6.22. The number of benzene rings is 2. The van der Waals surface area contributed by atoms with E-state index in [0.717, 1.165) is 22.4 Å². The SMILES string of the molecule is Cc1ccc(-c2ccc(C=C(C#N)c3nc4ccccc4n3C)o2)cc1. The van der Waals surface area contributed by atoms with Gasteiger partial charge in [0.05, 0.1) is 16.6 Å². The maximum Gasteiger partial charge on any atom is 0.151 e. The maximum atomic E-state index is 9.63. The topological polar surface area (TPSA) is 54.8 Å². The molecule has 4 rings (SSSR count). The second-order valence-electron chi connectivity index (χ2n) is 6.22. The molecule has 0 aliphatic carbocycles. The Balaban J connectivity index is 1.73. The minimum absolute atomic E-state index is 0.466. The van der Waals surface area contributed by atoms with Gasteiger partial charge in [0, 0.05) is 18.7 Å². The molecule has 0 spiro atoms. The Morgan fingerprint density at radius 2 is 1.85 bits per heavy atom. The number of furan rings is 1. The quantitative estimate of drug-likeness (QED) is 0.482. The van der Waals surface area contributed by atoms with Crippen molar-refractivity contribution in [2.75, 3.05) is 0 Å². The van der Waals surface area contributed by atoms with E-state index in [4.69, 9.17) is 4.42 Å². The summed E-state index contributed by atoms with van der Waals surface area (Å²) in [6, 6.07) is 22.0. The van der Waals surface area contributed by atoms with Crippen molar-refractivity contribution in [2.24, 2.45) is 7.05 Å². The molecule has 126 valence electrons. The zero-order chi connectivity index (χ0) is 18.1. The fraction of sp³-hybridized carbons (Fsp3) is 0.0909. The predicted molar refractivity (Wildman–Crippen MR) is 103 cm³/mol. The van der Waals surface area contributed by atoms with Gasteiger partial charge in [-0.05, 0) is 31.2 Å². The van der Waals surface area contributed by atoms with Crippen LogP contribution in [0.15, 0.2) is 65.1 Å². The molecule has 0 saturated carbocycles. The van der Waals surface area contributed by atoms with Crippen LogP contribution in [0.4, 0.5) is 0 Å². The van der Waals surface area contributed by atoms with Crippen LogP contribution in [-0.4, -0.2) is 9.55 Å². The van der Waals surface area contributed by atoms with Gasteiger partial charge >= 0.3 is 0 Å². The van der Waals surface area contributed by atoms with Gasteiger partial charge in [0.15, 0.2) is 5.82 Å². The van der Waals surface area contributed by atoms with Crippen molar-refractivity contribution < 1.29 is 4.42 Å². The molecule has 26 heavy (non-hydrogen) atoms. The van der Waals surface area contributed by atoms with Gasteiger partial charge in [-0.15, -0.1) is 0 Å². The number of fused-ring (bicyclic) bond motifs is 1. The number of nitrogens with zero attached hydrogens (tertiary/aromatic N) is 3. The lowest BCUT2D eigenvalue weighted by Crippen LogP contribution is -1.95. The first kappa shape index (κ1) is 15.9. The number of hydrogen-bond donors (Lipinski definition) is 0. The van der Waals surface area contributed by atoms with E-state index in [1.54, 1.807) is 6.08 Å². The first-order valence-corrected chi connectivity index (χ1v) is 8.36. The summed E-state index contributed by atoms with van der Waals surface area (Å²) >= 11 is 0. The summed E-state index contributed by atoms with van der Waals surface area (Å²) in [5.74, 6) is 2.03. The highest BCUT2D eigenvalue weighted by atomic mass is 16.3. The molecule has 2 aromatic heterocycles. The smallest absolute Gasteiger partial charge is 0.151 e. The van der Waals surface area contributed by atoms with E-state index in [0.29, 0.717) is 17.2 Å². The molecule has 2 aromatic carbocycles. The van der Waals surface area contributed by atoms with Crippen LogP contribution in [-0.2, 0) is 7.05 Å². The number of para-hydroxylation sites is 2. The van der Waals surface area contributed by atoms with Crippen molar-refractivity contribution in [2.45, 2.75) is 6.92 Å². The fourth-order valence-corrected chi connectivity index (χ4v) is 2.98. The van der Waals surface area contributed by atoms with Gasteiger partial charge in [-0.2, -0.15) is 5.26 Å². The number of hydrogen-bond acceptors (Lipinski definition) is 3. The van der Waals surface area contributed by atoms with E-state index in [1.807, 2.05) is 72.3 Å². The molecule has 0 amide bonds. The van der Waals surface area contributed by atoms with Gasteiger partial charge in [0.1, 0.15) is 17.6 Å². The molecule has 4 heteroatoms. The molecule has 0 bridgehead atoms. The Kier molecular flexibility index (Phi) is 3.91. The summed E-state index contributed by atoms with van der Waals surface area (Å²) in [5.41, 5.74) is 4.54. The van der Waals surface area contributed by atoms with Crippen LogP contribution in [0.25, 0.3) is 34.0 Å². The number of rotatable bonds is 3. The number of allylic oxidation sites excluding steroid dienone is 1. The van der Waals surface area contributed by atoms with E-state index in [2.05, 4.69) is 18.0 Å². The largest absolute Gasteiger partial charge is 0.457 e. The third-order valence-electron chi connectivity index (χ3n) is 4.40. The van der Waals surface area contributed by atoms with Crippen LogP contribution < -0.4 is 0 Å². The molecule has 4 nitrogen and oxygen atoms in total. The molecular formula is C22H17N3O. The van der Waals surface area contributed by atoms with Gasteiger partial charge in [-0.3, -0.25) is 0 Å². The molecule has 0 fully saturated rings. The minimum Gasteiger partial charge on any atom is -0.457 e. The van der Waals surface area contributed by atoms with Crippen molar-refractivity contribution in [1.82, 2.24) is 9.55 Å². The minimum atomic E-state index is 0.466. The third-order valence-corrected chi connectivity index (χ3v) is 4.40. The molecule has 0 N–H and O–H groups in total. The van der Waals surface area contributed by atoms with Crippen LogP contribution >= 0.6 is 0 Å². The van der Waals surface area contributed by atoms with Gasteiger partial charge in [-0.25, -0.2) is 4.98 Å². The molecule has 0 aliphatic rings. The lowest BCUT2D eigenvalue weighted by molar-refractivity contribution is 0.572. The Morgan fingerprint density at radius 1 is 1.08 bits per heavy atom. The average Bonchev–Trinajstić information content (AvgIpc) is 3.26. The second kappa shape index (κ2) is 6.38. The highest BCUT2D eigenvalue weighted by Crippen LogP contribution is 2.26. The Labute approximate surface area is 151 Å². The van der Waals surface area contributed by atoms with E-state index in [1.165, 1.54) is 5.56 Å². The van der Waals surface area contributed by atoms with Crippen molar-refractivity contribution in [3.05, 3.63) is 77.8 Å². The summed E-state index contributed by atoms with van der Waals surface area (Å²) in [5, 5.41) is 9.63. The molecule has 0 unspecified atom stereocenters. The first-order valence-electron chi connectivity index (χ1n) is 8.36. The van der Waals surface area contributed by atoms with Crippen LogP contribution in [0.5, 0.6) is 0 Å². The Hall–Kier alpha value is -3.58. The zero-order valence-electron chi connectivity index (χ0n) is 14.6. The van der Waals surface area contributed by atoms with Crippen LogP contribution in [0.2, 0.25) is 0 Å². The summed E-state index contributed by atoms with van der Waals surface area (Å²) < 4.78 is 7.84. The highest BCUT2D eigenvalue weighted by Gasteiger charge is 2.13. The molecule has 2 heterocycles. The Morgan fingerprint density at radius 3 is 2.58 bits per heavy atom. The average molecular weight is 339 g/mol. The predicted octanol–water partition coefficient (Wildman–Crippen LogP) is 5.21. The van der Waals surface area contributed by atoms with Crippen molar-refractivity contribution in [3.8, 4) is 17.4 Å². The van der Waals surface area contributed by atoms with Crippen molar-refractivity contribution in [1.29, 1.82) is 5.26 Å². The monoisotopic (exact) mass is 339 g/mol. The van der Waals surface area contributed by atoms with Crippen LogP contribution in [0, 0.1) is 18.3 Å². The summed E-state index contributed by atoms with van der Waals surface area (Å²) in [6.45, 7) is 2.05. The van der Waals surface area contributed by atoms with Gasteiger partial charge in [0.25, 0.3) is 0 Å².